The lowest BCUT2D eigenvalue weighted by Gasteiger charge is -2.41. The van der Waals surface area contributed by atoms with Gasteiger partial charge in [-0.3, -0.25) is 14.4 Å². The van der Waals surface area contributed by atoms with E-state index in [4.69, 9.17) is 9.47 Å². The number of esters is 1. The van der Waals surface area contributed by atoms with Gasteiger partial charge in [-0.15, -0.1) is 13.2 Å². The Hall–Kier alpha value is -2.97. The van der Waals surface area contributed by atoms with E-state index in [1.165, 1.54) is 0 Å². The Morgan fingerprint density at radius 1 is 1.26 bits per heavy atom. The summed E-state index contributed by atoms with van der Waals surface area (Å²) >= 11 is 0. The maximum Gasteiger partial charge on any atom is 0.312 e. The fourth-order valence-corrected chi connectivity index (χ4v) is 7.73. The molecule has 3 unspecified atom stereocenters. The first-order valence-electron chi connectivity index (χ1n) is 15.8. The first-order chi connectivity index (χ1) is 20.4. The molecule has 8 atom stereocenters. The number of rotatable bonds is 14. The quantitative estimate of drug-likeness (QED) is 0.182. The Morgan fingerprint density at radius 2 is 1.98 bits per heavy atom. The van der Waals surface area contributed by atoms with Crippen LogP contribution < -0.4 is 4.90 Å². The van der Waals surface area contributed by atoms with Gasteiger partial charge in [0.1, 0.15) is 17.6 Å². The smallest absolute Gasteiger partial charge is 0.312 e. The predicted octanol–water partition coefficient (Wildman–Crippen LogP) is 5.14. The van der Waals surface area contributed by atoms with E-state index in [0.29, 0.717) is 19.3 Å². The average Bonchev–Trinajstić information content (AvgIpc) is 3.49. The molecule has 4 rings (SSSR count). The molecule has 1 N–H and O–H groups in total. The molecule has 3 heterocycles. The molecular formula is C35H50N2O6. The molecule has 2 bridgehead atoms. The van der Waals surface area contributed by atoms with Crippen molar-refractivity contribution in [1.82, 2.24) is 4.90 Å². The van der Waals surface area contributed by atoms with E-state index < -0.39 is 41.1 Å². The van der Waals surface area contributed by atoms with Crippen LogP contribution in [-0.4, -0.2) is 70.8 Å². The highest BCUT2D eigenvalue weighted by atomic mass is 16.6. The van der Waals surface area contributed by atoms with Gasteiger partial charge in [0.25, 0.3) is 5.91 Å². The van der Waals surface area contributed by atoms with Gasteiger partial charge in [0.15, 0.2) is 0 Å². The second-order valence-electron chi connectivity index (χ2n) is 13.1. The molecule has 3 fully saturated rings. The molecule has 0 aromatic heterocycles. The molecule has 1 spiro atoms. The number of unbranched alkanes of at least 4 members (excludes halogenated alkanes) is 2. The molecule has 0 radical (unpaired) electrons. The fraction of sp³-hybridized carbons (Fsp3) is 0.629. The van der Waals surface area contributed by atoms with Gasteiger partial charge in [-0.25, -0.2) is 0 Å². The van der Waals surface area contributed by atoms with Gasteiger partial charge in [0.2, 0.25) is 5.91 Å². The zero-order valence-electron chi connectivity index (χ0n) is 26.8. The summed E-state index contributed by atoms with van der Waals surface area (Å²) in [5.74, 6) is -2.99. The Labute approximate surface area is 257 Å². The van der Waals surface area contributed by atoms with Crippen LogP contribution in [0.25, 0.3) is 0 Å². The highest BCUT2D eigenvalue weighted by molar-refractivity contribution is 6.05. The lowest BCUT2D eigenvalue weighted by molar-refractivity contribution is -0.163. The van der Waals surface area contributed by atoms with E-state index in [-0.39, 0.29) is 43.4 Å². The summed E-state index contributed by atoms with van der Waals surface area (Å²) in [6, 6.07) is 4.30. The van der Waals surface area contributed by atoms with E-state index in [0.717, 1.165) is 29.7 Å². The largest absolute Gasteiger partial charge is 0.465 e. The van der Waals surface area contributed by atoms with Crippen molar-refractivity contribution in [3.8, 4) is 0 Å². The Morgan fingerprint density at radius 3 is 2.60 bits per heavy atom. The van der Waals surface area contributed by atoms with Crippen molar-refractivity contribution in [2.75, 3.05) is 24.7 Å². The summed E-state index contributed by atoms with van der Waals surface area (Å²) < 4.78 is 12.7. The van der Waals surface area contributed by atoms with E-state index in [1.807, 2.05) is 65.8 Å². The highest BCUT2D eigenvalue weighted by Crippen LogP contribution is 2.66. The monoisotopic (exact) mass is 594 g/mol. The van der Waals surface area contributed by atoms with Gasteiger partial charge in [0.05, 0.1) is 30.8 Å². The molecule has 3 aliphatic rings. The SMILES string of the molecule is C=CCCCCOC(=O)[C@@H]1[C@H]2C(=O)N([C@@H](CO)[C@@H](C)CC)C(C(=O)N(CC=C)c3cc(C)ccc3C)C23CC(C)[C@@]1(C)O3. The van der Waals surface area contributed by atoms with Crippen LogP contribution in [-0.2, 0) is 23.9 Å². The number of allylic oxidation sites excluding steroid dienone is 1. The number of carbonyl (C=O) groups excluding carboxylic acids is 3. The third-order valence-electron chi connectivity index (χ3n) is 10.4. The lowest BCUT2D eigenvalue weighted by Crippen LogP contribution is -2.60. The van der Waals surface area contributed by atoms with Crippen LogP contribution >= 0.6 is 0 Å². The van der Waals surface area contributed by atoms with E-state index in [1.54, 1.807) is 15.9 Å². The van der Waals surface area contributed by atoms with Crippen molar-refractivity contribution in [2.24, 2.45) is 23.7 Å². The van der Waals surface area contributed by atoms with Crippen molar-refractivity contribution in [3.05, 3.63) is 54.6 Å². The van der Waals surface area contributed by atoms with Crippen molar-refractivity contribution in [3.63, 3.8) is 0 Å². The molecule has 1 aromatic rings. The van der Waals surface area contributed by atoms with Gasteiger partial charge in [-0.1, -0.05) is 51.5 Å². The molecule has 8 heteroatoms. The van der Waals surface area contributed by atoms with E-state index in [9.17, 15) is 19.5 Å². The lowest BCUT2D eigenvalue weighted by atomic mass is 9.62. The number of carbonyl (C=O) groups is 3. The predicted molar refractivity (Wildman–Crippen MR) is 167 cm³/mol. The standard InChI is InChI=1S/C35H50N2O6/c1-9-12-13-14-18-42-33(41)29-28-31(39)37(27(21-38)23(5)11-3)30(35(28)20-25(7)34(29,8)43-35)32(40)36(17-10-2)26-19-22(4)15-16-24(26)6/h9-10,15-16,19,23,25,27-30,38H,1-2,11-14,17-18,20-21H2,3-8H3/t23-,25?,27-,28-,29-,30?,34+,35?/m0/s1. The number of aliphatic hydroxyl groups excluding tert-OH is 1. The molecule has 0 saturated carbocycles. The van der Waals surface area contributed by atoms with Gasteiger partial charge in [-0.05, 0) is 75.5 Å². The van der Waals surface area contributed by atoms with Crippen molar-refractivity contribution in [2.45, 2.75) is 96.9 Å². The number of aryl methyl sites for hydroxylation is 2. The summed E-state index contributed by atoms with van der Waals surface area (Å²) in [6.45, 7) is 19.7. The summed E-state index contributed by atoms with van der Waals surface area (Å²) in [5.41, 5.74) is 0.467. The van der Waals surface area contributed by atoms with Crippen molar-refractivity contribution in [1.29, 1.82) is 0 Å². The number of hydrogen-bond acceptors (Lipinski definition) is 6. The van der Waals surface area contributed by atoms with E-state index >= 15 is 0 Å². The third-order valence-corrected chi connectivity index (χ3v) is 10.4. The average molecular weight is 595 g/mol. The number of anilines is 1. The maximum atomic E-state index is 15.0. The van der Waals surface area contributed by atoms with Crippen LogP contribution in [0.2, 0.25) is 0 Å². The summed E-state index contributed by atoms with van der Waals surface area (Å²) in [6.07, 6.45) is 7.05. The number of hydrogen-bond donors (Lipinski definition) is 1. The van der Waals surface area contributed by atoms with Gasteiger partial charge < -0.3 is 24.4 Å². The molecule has 2 amide bonds. The summed E-state index contributed by atoms with van der Waals surface area (Å²) in [5, 5.41) is 10.7. The van der Waals surface area contributed by atoms with Crippen LogP contribution in [0.3, 0.4) is 0 Å². The van der Waals surface area contributed by atoms with Crippen LogP contribution in [0.1, 0.15) is 70.9 Å². The van der Waals surface area contributed by atoms with Crippen LogP contribution in [0, 0.1) is 37.5 Å². The molecule has 236 valence electrons. The number of ether oxygens (including phenoxy) is 2. The minimum Gasteiger partial charge on any atom is -0.465 e. The normalized spacial score (nSPS) is 30.6. The number of aliphatic hydroxyl groups is 1. The maximum absolute atomic E-state index is 15.0. The highest BCUT2D eigenvalue weighted by Gasteiger charge is 2.81. The number of amides is 2. The molecule has 0 aliphatic carbocycles. The summed E-state index contributed by atoms with van der Waals surface area (Å²) in [4.78, 5) is 46.7. The zero-order valence-corrected chi connectivity index (χ0v) is 26.8. The van der Waals surface area contributed by atoms with Gasteiger partial charge in [-0.2, -0.15) is 0 Å². The molecule has 3 saturated heterocycles. The van der Waals surface area contributed by atoms with Gasteiger partial charge >= 0.3 is 5.97 Å². The van der Waals surface area contributed by atoms with Gasteiger partial charge in [0, 0.05) is 12.2 Å². The summed E-state index contributed by atoms with van der Waals surface area (Å²) in [7, 11) is 0. The van der Waals surface area contributed by atoms with Crippen LogP contribution in [0.5, 0.6) is 0 Å². The molecule has 8 nitrogen and oxygen atoms in total. The Kier molecular flexibility index (Phi) is 9.92. The Bertz CT molecular complexity index is 1250. The molecule has 1 aromatic carbocycles. The fourth-order valence-electron chi connectivity index (χ4n) is 7.73. The second-order valence-corrected chi connectivity index (χ2v) is 13.1. The van der Waals surface area contributed by atoms with Crippen molar-refractivity contribution >= 4 is 23.5 Å². The first kappa shape index (κ1) is 32.9. The number of likely N-dealkylation sites (tertiary alicyclic amines) is 1. The molecule has 43 heavy (non-hydrogen) atoms. The molecule has 3 aliphatic heterocycles. The second kappa shape index (κ2) is 12.9. The third kappa shape index (κ3) is 5.46. The Balaban J connectivity index is 1.83. The number of nitrogens with zero attached hydrogens (tertiary/aromatic N) is 2. The van der Waals surface area contributed by atoms with Crippen LogP contribution in [0.15, 0.2) is 43.5 Å². The number of benzene rings is 1. The van der Waals surface area contributed by atoms with Crippen LogP contribution in [0.4, 0.5) is 5.69 Å². The minimum atomic E-state index is -1.23. The topological polar surface area (TPSA) is 96.4 Å². The number of fused-ring (bicyclic) bond motifs is 1. The zero-order chi connectivity index (χ0) is 31.7. The minimum absolute atomic E-state index is 0.0893. The first-order valence-corrected chi connectivity index (χ1v) is 15.8. The van der Waals surface area contributed by atoms with Crippen molar-refractivity contribution < 1.29 is 29.0 Å². The van der Waals surface area contributed by atoms with E-state index in [2.05, 4.69) is 13.2 Å². The molecular weight excluding hydrogens is 544 g/mol.